The fourth-order valence-corrected chi connectivity index (χ4v) is 3.16. The van der Waals surface area contributed by atoms with Crippen LogP contribution >= 0.6 is 0 Å². The normalized spacial score (nSPS) is 25.8. The van der Waals surface area contributed by atoms with E-state index in [-0.39, 0.29) is 0 Å². The first-order valence-electron chi connectivity index (χ1n) is 5.99. The van der Waals surface area contributed by atoms with Crippen LogP contribution in [0.15, 0.2) is 29.2 Å². The predicted octanol–water partition coefficient (Wildman–Crippen LogP) is 1.80. The Balaban J connectivity index is 2.33. The summed E-state index contributed by atoms with van der Waals surface area (Å²) in [6.45, 7) is 4.23. The summed E-state index contributed by atoms with van der Waals surface area (Å²) in [5.41, 5.74) is 1.15. The average molecular weight is 253 g/mol. The van der Waals surface area contributed by atoms with E-state index in [9.17, 15) is 8.42 Å². The maximum Gasteiger partial charge on any atom is 0.175 e. The summed E-state index contributed by atoms with van der Waals surface area (Å²) < 4.78 is 23.1. The third-order valence-corrected chi connectivity index (χ3v) is 4.61. The Morgan fingerprint density at radius 3 is 2.76 bits per heavy atom. The number of benzene rings is 1. The van der Waals surface area contributed by atoms with Gasteiger partial charge < -0.3 is 5.32 Å². The van der Waals surface area contributed by atoms with Crippen molar-refractivity contribution in [3.63, 3.8) is 0 Å². The third kappa shape index (κ3) is 2.87. The van der Waals surface area contributed by atoms with Crippen LogP contribution in [0.2, 0.25) is 0 Å². The second-order valence-corrected chi connectivity index (χ2v) is 6.94. The molecule has 1 heterocycles. The molecule has 0 unspecified atom stereocenters. The summed E-state index contributed by atoms with van der Waals surface area (Å²) in [6, 6.07) is 7.40. The minimum Gasteiger partial charge on any atom is -0.316 e. The van der Waals surface area contributed by atoms with Crippen LogP contribution in [-0.2, 0) is 9.84 Å². The summed E-state index contributed by atoms with van der Waals surface area (Å²) in [7, 11) is -3.10. The monoisotopic (exact) mass is 253 g/mol. The van der Waals surface area contributed by atoms with Crippen molar-refractivity contribution in [2.45, 2.75) is 24.2 Å². The highest BCUT2D eigenvalue weighted by Crippen LogP contribution is 2.30. The van der Waals surface area contributed by atoms with Crippen molar-refractivity contribution in [3.05, 3.63) is 29.8 Å². The fraction of sp³-hybridized carbons (Fsp3) is 0.538. The Bertz CT molecular complexity index is 496. The van der Waals surface area contributed by atoms with Crippen molar-refractivity contribution < 1.29 is 8.42 Å². The maximum atomic E-state index is 11.5. The predicted molar refractivity (Wildman–Crippen MR) is 68.9 cm³/mol. The van der Waals surface area contributed by atoms with Gasteiger partial charge >= 0.3 is 0 Å². The highest BCUT2D eigenvalue weighted by atomic mass is 32.2. The van der Waals surface area contributed by atoms with Gasteiger partial charge in [0.2, 0.25) is 0 Å². The van der Waals surface area contributed by atoms with E-state index >= 15 is 0 Å². The topological polar surface area (TPSA) is 46.2 Å². The van der Waals surface area contributed by atoms with E-state index in [1.165, 1.54) is 6.26 Å². The van der Waals surface area contributed by atoms with Crippen molar-refractivity contribution in [2.75, 3.05) is 19.3 Å². The van der Waals surface area contributed by atoms with Crippen LogP contribution in [0.5, 0.6) is 0 Å². The molecule has 1 aromatic carbocycles. The minimum atomic E-state index is -3.10. The van der Waals surface area contributed by atoms with Gasteiger partial charge in [0.25, 0.3) is 0 Å². The van der Waals surface area contributed by atoms with E-state index in [4.69, 9.17) is 0 Å². The van der Waals surface area contributed by atoms with Crippen LogP contribution < -0.4 is 5.32 Å². The van der Waals surface area contributed by atoms with Crippen molar-refractivity contribution in [1.82, 2.24) is 5.32 Å². The van der Waals surface area contributed by atoms with Crippen LogP contribution in [-0.4, -0.2) is 27.8 Å². The zero-order valence-corrected chi connectivity index (χ0v) is 11.1. The third-order valence-electron chi connectivity index (χ3n) is 3.50. The van der Waals surface area contributed by atoms with E-state index in [1.54, 1.807) is 6.07 Å². The molecule has 17 heavy (non-hydrogen) atoms. The maximum absolute atomic E-state index is 11.5. The van der Waals surface area contributed by atoms with E-state index in [1.807, 2.05) is 18.2 Å². The lowest BCUT2D eigenvalue weighted by Crippen LogP contribution is -2.33. The zero-order chi connectivity index (χ0) is 12.5. The molecular formula is C13H19NO2S. The summed E-state index contributed by atoms with van der Waals surface area (Å²) in [4.78, 5) is 0.431. The fourth-order valence-electron chi connectivity index (χ4n) is 2.49. The van der Waals surface area contributed by atoms with E-state index < -0.39 is 9.84 Å². The lowest BCUT2D eigenvalue weighted by atomic mass is 9.82. The second kappa shape index (κ2) is 4.78. The molecule has 3 nitrogen and oxygen atoms in total. The van der Waals surface area contributed by atoms with Crippen molar-refractivity contribution >= 4 is 9.84 Å². The van der Waals surface area contributed by atoms with Crippen LogP contribution in [0.3, 0.4) is 0 Å². The number of rotatable bonds is 2. The van der Waals surface area contributed by atoms with Gasteiger partial charge in [-0.1, -0.05) is 19.1 Å². The molecular weight excluding hydrogens is 234 g/mol. The van der Waals surface area contributed by atoms with Gasteiger partial charge in [-0.05, 0) is 49.0 Å². The Labute approximate surface area is 103 Å². The van der Waals surface area contributed by atoms with Gasteiger partial charge in [-0.3, -0.25) is 0 Å². The Hall–Kier alpha value is -0.870. The number of hydrogen-bond donors (Lipinski definition) is 1. The van der Waals surface area contributed by atoms with Gasteiger partial charge in [-0.25, -0.2) is 8.42 Å². The first-order valence-corrected chi connectivity index (χ1v) is 7.88. The smallest absolute Gasteiger partial charge is 0.175 e. The molecule has 0 saturated carbocycles. The molecule has 4 heteroatoms. The largest absolute Gasteiger partial charge is 0.316 e. The highest BCUT2D eigenvalue weighted by molar-refractivity contribution is 7.90. The number of piperidine rings is 1. The van der Waals surface area contributed by atoms with Crippen LogP contribution in [0.1, 0.15) is 24.8 Å². The van der Waals surface area contributed by atoms with Gasteiger partial charge in [-0.15, -0.1) is 0 Å². The molecule has 0 aliphatic carbocycles. The average Bonchev–Trinajstić information content (AvgIpc) is 2.29. The standard InChI is InChI=1S/C13H19NO2S/c1-10-9-14-7-6-13(10)11-4-3-5-12(8-11)17(2,15)16/h3-5,8,10,13-14H,6-7,9H2,1-2H3/t10-,13+/m0/s1. The van der Waals surface area contributed by atoms with Gasteiger partial charge in [0.05, 0.1) is 4.90 Å². The van der Waals surface area contributed by atoms with E-state index in [2.05, 4.69) is 12.2 Å². The molecule has 1 fully saturated rings. The van der Waals surface area contributed by atoms with Crippen LogP contribution in [0.4, 0.5) is 0 Å². The molecule has 94 valence electrons. The molecule has 1 aliphatic rings. The summed E-state index contributed by atoms with van der Waals surface area (Å²) >= 11 is 0. The highest BCUT2D eigenvalue weighted by Gasteiger charge is 2.23. The molecule has 1 aromatic rings. The lowest BCUT2D eigenvalue weighted by Gasteiger charge is -2.30. The number of hydrogen-bond acceptors (Lipinski definition) is 3. The zero-order valence-electron chi connectivity index (χ0n) is 10.3. The molecule has 0 spiro atoms. The first kappa shape index (κ1) is 12.6. The SMILES string of the molecule is C[C@H]1CNCC[C@H]1c1cccc(S(C)(=O)=O)c1. The van der Waals surface area contributed by atoms with Gasteiger partial charge in [0.1, 0.15) is 0 Å². The molecule has 1 N–H and O–H groups in total. The lowest BCUT2D eigenvalue weighted by molar-refractivity contribution is 0.349. The van der Waals surface area contributed by atoms with Gasteiger partial charge in [0, 0.05) is 6.26 Å². The Morgan fingerprint density at radius 2 is 2.12 bits per heavy atom. The van der Waals surface area contributed by atoms with Gasteiger partial charge in [-0.2, -0.15) is 0 Å². The molecule has 1 saturated heterocycles. The Morgan fingerprint density at radius 1 is 1.35 bits per heavy atom. The molecule has 0 amide bonds. The quantitative estimate of drug-likeness (QED) is 0.874. The van der Waals surface area contributed by atoms with E-state index in [0.717, 1.165) is 25.1 Å². The number of sulfone groups is 1. The molecule has 2 atom stereocenters. The molecule has 0 bridgehead atoms. The summed E-state index contributed by atoms with van der Waals surface area (Å²) in [5.74, 6) is 1.02. The molecule has 0 aromatic heterocycles. The summed E-state index contributed by atoms with van der Waals surface area (Å²) in [6.07, 6.45) is 2.34. The molecule has 1 aliphatic heterocycles. The Kier molecular flexibility index (Phi) is 3.54. The summed E-state index contributed by atoms with van der Waals surface area (Å²) in [5, 5.41) is 3.36. The molecule has 2 rings (SSSR count). The van der Waals surface area contributed by atoms with Crippen LogP contribution in [0, 0.1) is 5.92 Å². The van der Waals surface area contributed by atoms with Gasteiger partial charge in [0.15, 0.2) is 9.84 Å². The van der Waals surface area contributed by atoms with Crippen LogP contribution in [0.25, 0.3) is 0 Å². The number of nitrogens with one attached hydrogen (secondary N) is 1. The first-order chi connectivity index (χ1) is 7.98. The molecule has 0 radical (unpaired) electrons. The van der Waals surface area contributed by atoms with Crippen molar-refractivity contribution in [2.24, 2.45) is 5.92 Å². The van der Waals surface area contributed by atoms with E-state index in [0.29, 0.717) is 16.7 Å². The van der Waals surface area contributed by atoms with Crippen molar-refractivity contribution in [1.29, 1.82) is 0 Å². The second-order valence-electron chi connectivity index (χ2n) is 4.92. The van der Waals surface area contributed by atoms with Crippen molar-refractivity contribution in [3.8, 4) is 0 Å². The minimum absolute atomic E-state index is 0.431.